The van der Waals surface area contributed by atoms with E-state index in [9.17, 15) is 4.79 Å². The van der Waals surface area contributed by atoms with E-state index in [0.29, 0.717) is 0 Å². The SMILES string of the molecule is CC(C)c1nccn1[C@H](C)C(=O)O. The first-order valence-electron chi connectivity index (χ1n) is 4.29. The Hall–Kier alpha value is -1.32. The van der Waals surface area contributed by atoms with E-state index in [-0.39, 0.29) is 5.92 Å². The van der Waals surface area contributed by atoms with Gasteiger partial charge in [-0.2, -0.15) is 0 Å². The molecule has 0 bridgehead atoms. The van der Waals surface area contributed by atoms with Gasteiger partial charge >= 0.3 is 5.97 Å². The lowest BCUT2D eigenvalue weighted by atomic mass is 10.2. The van der Waals surface area contributed by atoms with Crippen LogP contribution in [0.25, 0.3) is 0 Å². The van der Waals surface area contributed by atoms with Gasteiger partial charge in [0.1, 0.15) is 11.9 Å². The molecular formula is C9H14N2O2. The summed E-state index contributed by atoms with van der Waals surface area (Å²) in [6, 6.07) is -0.542. The molecule has 0 radical (unpaired) electrons. The van der Waals surface area contributed by atoms with Crippen LogP contribution in [0.2, 0.25) is 0 Å². The van der Waals surface area contributed by atoms with Crippen LogP contribution in [0.15, 0.2) is 12.4 Å². The van der Waals surface area contributed by atoms with Crippen molar-refractivity contribution in [3.05, 3.63) is 18.2 Å². The van der Waals surface area contributed by atoms with Gasteiger partial charge in [-0.25, -0.2) is 9.78 Å². The largest absolute Gasteiger partial charge is 0.480 e. The third-order valence-electron chi connectivity index (χ3n) is 1.99. The molecule has 1 rings (SSSR count). The molecule has 0 aromatic carbocycles. The van der Waals surface area contributed by atoms with Crippen LogP contribution in [-0.2, 0) is 4.79 Å². The van der Waals surface area contributed by atoms with Crippen molar-refractivity contribution in [2.75, 3.05) is 0 Å². The van der Waals surface area contributed by atoms with Crippen molar-refractivity contribution >= 4 is 5.97 Å². The highest BCUT2D eigenvalue weighted by molar-refractivity contribution is 5.71. The first-order chi connectivity index (χ1) is 6.04. The minimum Gasteiger partial charge on any atom is -0.480 e. The summed E-state index contributed by atoms with van der Waals surface area (Å²) >= 11 is 0. The number of imidazole rings is 1. The second-order valence-corrected chi connectivity index (χ2v) is 3.36. The Labute approximate surface area is 77.2 Å². The van der Waals surface area contributed by atoms with E-state index in [1.807, 2.05) is 13.8 Å². The molecule has 1 N–H and O–H groups in total. The van der Waals surface area contributed by atoms with Crippen molar-refractivity contribution in [2.24, 2.45) is 0 Å². The number of nitrogens with zero attached hydrogens (tertiary/aromatic N) is 2. The lowest BCUT2D eigenvalue weighted by molar-refractivity contribution is -0.140. The van der Waals surface area contributed by atoms with Crippen molar-refractivity contribution in [3.8, 4) is 0 Å². The predicted octanol–water partition coefficient (Wildman–Crippen LogP) is 1.65. The highest BCUT2D eigenvalue weighted by atomic mass is 16.4. The van der Waals surface area contributed by atoms with E-state index < -0.39 is 12.0 Å². The van der Waals surface area contributed by atoms with Crippen molar-refractivity contribution in [3.63, 3.8) is 0 Å². The summed E-state index contributed by atoms with van der Waals surface area (Å²) in [5.74, 6) is 0.228. The molecule has 1 aromatic rings. The first kappa shape index (κ1) is 9.77. The van der Waals surface area contributed by atoms with E-state index in [4.69, 9.17) is 5.11 Å². The van der Waals surface area contributed by atoms with Crippen LogP contribution in [0.5, 0.6) is 0 Å². The highest BCUT2D eigenvalue weighted by Crippen LogP contribution is 2.16. The zero-order chi connectivity index (χ0) is 10.0. The Bertz CT molecular complexity index is 304. The fourth-order valence-electron chi connectivity index (χ4n) is 1.22. The summed E-state index contributed by atoms with van der Waals surface area (Å²) in [5.41, 5.74) is 0. The summed E-state index contributed by atoms with van der Waals surface area (Å²) < 4.78 is 1.69. The number of hydrogen-bond donors (Lipinski definition) is 1. The summed E-state index contributed by atoms with van der Waals surface area (Å²) in [7, 11) is 0. The third kappa shape index (κ3) is 1.88. The van der Waals surface area contributed by atoms with E-state index in [0.717, 1.165) is 5.82 Å². The number of carboxylic acids is 1. The van der Waals surface area contributed by atoms with Gasteiger partial charge in [0.25, 0.3) is 0 Å². The molecule has 1 heterocycles. The fourth-order valence-corrected chi connectivity index (χ4v) is 1.22. The van der Waals surface area contributed by atoms with Gasteiger partial charge in [0.2, 0.25) is 0 Å². The van der Waals surface area contributed by atoms with Crippen LogP contribution in [0, 0.1) is 0 Å². The van der Waals surface area contributed by atoms with Crippen LogP contribution in [-0.4, -0.2) is 20.6 Å². The minimum absolute atomic E-state index is 0.247. The number of carboxylic acid groups (broad SMARTS) is 1. The molecule has 0 spiro atoms. The molecule has 13 heavy (non-hydrogen) atoms. The van der Waals surface area contributed by atoms with Crippen molar-refractivity contribution < 1.29 is 9.90 Å². The van der Waals surface area contributed by atoms with Crippen molar-refractivity contribution in [1.82, 2.24) is 9.55 Å². The summed E-state index contributed by atoms with van der Waals surface area (Å²) in [6.07, 6.45) is 3.34. The quantitative estimate of drug-likeness (QED) is 0.773. The molecule has 0 unspecified atom stereocenters. The second kappa shape index (κ2) is 3.60. The molecule has 0 aliphatic rings. The first-order valence-corrected chi connectivity index (χ1v) is 4.29. The maximum atomic E-state index is 10.7. The lowest BCUT2D eigenvalue weighted by Gasteiger charge is -2.13. The van der Waals surface area contributed by atoms with E-state index in [1.165, 1.54) is 0 Å². The molecule has 72 valence electrons. The zero-order valence-electron chi connectivity index (χ0n) is 8.06. The maximum Gasteiger partial charge on any atom is 0.326 e. The average Bonchev–Trinajstić information content (AvgIpc) is 2.50. The summed E-state index contributed by atoms with van der Waals surface area (Å²) in [6.45, 7) is 5.64. The fraction of sp³-hybridized carbons (Fsp3) is 0.556. The maximum absolute atomic E-state index is 10.7. The monoisotopic (exact) mass is 182 g/mol. The predicted molar refractivity (Wildman–Crippen MR) is 48.7 cm³/mol. The van der Waals surface area contributed by atoms with Gasteiger partial charge in [-0.1, -0.05) is 13.8 Å². The average molecular weight is 182 g/mol. The van der Waals surface area contributed by atoms with Crippen molar-refractivity contribution in [1.29, 1.82) is 0 Å². The number of rotatable bonds is 3. The molecule has 1 atom stereocenters. The third-order valence-corrected chi connectivity index (χ3v) is 1.99. The Kier molecular flexibility index (Phi) is 2.70. The van der Waals surface area contributed by atoms with Crippen LogP contribution in [0.4, 0.5) is 0 Å². The van der Waals surface area contributed by atoms with E-state index in [2.05, 4.69) is 4.98 Å². The number of hydrogen-bond acceptors (Lipinski definition) is 2. The molecule has 4 nitrogen and oxygen atoms in total. The Morgan fingerprint density at radius 1 is 1.54 bits per heavy atom. The van der Waals surface area contributed by atoms with Gasteiger partial charge in [-0.05, 0) is 6.92 Å². The van der Waals surface area contributed by atoms with Gasteiger partial charge in [-0.15, -0.1) is 0 Å². The summed E-state index contributed by atoms with van der Waals surface area (Å²) in [4.78, 5) is 14.8. The van der Waals surface area contributed by atoms with E-state index in [1.54, 1.807) is 23.9 Å². The molecule has 0 saturated carbocycles. The van der Waals surface area contributed by atoms with Crippen LogP contribution in [0.1, 0.15) is 38.6 Å². The van der Waals surface area contributed by atoms with Gasteiger partial charge in [0.15, 0.2) is 0 Å². The normalized spacial score (nSPS) is 13.2. The topological polar surface area (TPSA) is 55.1 Å². The van der Waals surface area contributed by atoms with Crippen LogP contribution < -0.4 is 0 Å². The van der Waals surface area contributed by atoms with Crippen LogP contribution >= 0.6 is 0 Å². The van der Waals surface area contributed by atoms with Crippen molar-refractivity contribution in [2.45, 2.75) is 32.7 Å². The lowest BCUT2D eigenvalue weighted by Crippen LogP contribution is -2.17. The summed E-state index contributed by atoms with van der Waals surface area (Å²) in [5, 5.41) is 8.81. The Balaban J connectivity index is 3.00. The minimum atomic E-state index is -0.833. The smallest absolute Gasteiger partial charge is 0.326 e. The van der Waals surface area contributed by atoms with Gasteiger partial charge in [0.05, 0.1) is 0 Å². The highest BCUT2D eigenvalue weighted by Gasteiger charge is 2.17. The zero-order valence-corrected chi connectivity index (χ0v) is 8.06. The molecule has 0 fully saturated rings. The van der Waals surface area contributed by atoms with Gasteiger partial charge in [-0.3, -0.25) is 0 Å². The molecule has 0 amide bonds. The molecule has 0 aliphatic carbocycles. The van der Waals surface area contributed by atoms with Gasteiger partial charge < -0.3 is 9.67 Å². The molecular weight excluding hydrogens is 168 g/mol. The molecule has 4 heteroatoms. The van der Waals surface area contributed by atoms with Gasteiger partial charge in [0, 0.05) is 18.3 Å². The standard InChI is InChI=1S/C9H14N2O2/c1-6(2)8-10-4-5-11(8)7(3)9(12)13/h4-7H,1-3H3,(H,12,13)/t7-/m1/s1. The Morgan fingerprint density at radius 3 is 2.62 bits per heavy atom. The Morgan fingerprint density at radius 2 is 2.15 bits per heavy atom. The molecule has 0 aliphatic heterocycles. The number of aliphatic carboxylic acids is 1. The molecule has 0 saturated heterocycles. The van der Waals surface area contributed by atoms with Crippen LogP contribution in [0.3, 0.4) is 0 Å². The number of carbonyl (C=O) groups is 1. The molecule has 1 aromatic heterocycles. The number of aromatic nitrogens is 2. The van der Waals surface area contributed by atoms with E-state index >= 15 is 0 Å². The second-order valence-electron chi connectivity index (χ2n) is 3.36.